The number of benzene rings is 1. The lowest BCUT2D eigenvalue weighted by atomic mass is 10.1. The lowest BCUT2D eigenvalue weighted by molar-refractivity contribution is -0.00294. The van der Waals surface area contributed by atoms with Crippen LogP contribution in [0, 0.1) is 11.3 Å². The summed E-state index contributed by atoms with van der Waals surface area (Å²) in [6.45, 7) is 0.961. The van der Waals surface area contributed by atoms with Crippen molar-refractivity contribution in [3.8, 4) is 11.8 Å². The molecule has 1 aromatic carbocycles. The van der Waals surface area contributed by atoms with Crippen molar-refractivity contribution in [2.75, 3.05) is 13.2 Å². The quantitative estimate of drug-likeness (QED) is 0.763. The lowest BCUT2D eigenvalue weighted by Gasteiger charge is -2.32. The van der Waals surface area contributed by atoms with E-state index < -0.39 is 0 Å². The van der Waals surface area contributed by atoms with E-state index in [1.807, 2.05) is 16.0 Å². The maximum absolute atomic E-state index is 12.5. The van der Waals surface area contributed by atoms with E-state index in [2.05, 4.69) is 16.4 Å². The smallest absolute Gasteiger partial charge is 0.271 e. The van der Waals surface area contributed by atoms with E-state index in [0.29, 0.717) is 36.6 Å². The van der Waals surface area contributed by atoms with Crippen LogP contribution in [-0.2, 0) is 4.74 Å². The number of fused-ring (bicyclic) bond motifs is 1. The summed E-state index contributed by atoms with van der Waals surface area (Å²) in [4.78, 5) is 17.6. The minimum Gasteiger partial charge on any atom is -0.488 e. The van der Waals surface area contributed by atoms with Crippen LogP contribution in [-0.4, -0.2) is 40.7 Å². The number of carbonyl (C=O) groups excluding carboxylic acids is 1. The zero-order valence-corrected chi connectivity index (χ0v) is 14.6. The molecule has 7 nitrogen and oxygen atoms in total. The Morgan fingerprint density at radius 2 is 2.27 bits per heavy atom. The number of carbonyl (C=O) groups is 1. The van der Waals surface area contributed by atoms with Gasteiger partial charge in [0.1, 0.15) is 17.5 Å². The first kappa shape index (κ1) is 16.6. The second-order valence-corrected chi connectivity index (χ2v) is 6.83. The second-order valence-electron chi connectivity index (χ2n) is 5.96. The van der Waals surface area contributed by atoms with Crippen LogP contribution in [0.4, 0.5) is 0 Å². The Balaban J connectivity index is 1.45. The molecule has 0 unspecified atom stereocenters. The third kappa shape index (κ3) is 3.40. The lowest BCUT2D eigenvalue weighted by Crippen LogP contribution is -2.51. The van der Waals surface area contributed by atoms with Crippen molar-refractivity contribution in [2.45, 2.75) is 18.6 Å². The number of nitrogens with one attached hydrogen (secondary N) is 1. The van der Waals surface area contributed by atoms with Crippen LogP contribution >= 0.6 is 11.3 Å². The summed E-state index contributed by atoms with van der Waals surface area (Å²) in [7, 11) is 0. The summed E-state index contributed by atoms with van der Waals surface area (Å²) in [6, 6.07) is 8.74. The first-order valence-electron chi connectivity index (χ1n) is 8.20. The summed E-state index contributed by atoms with van der Waals surface area (Å²) < 4.78 is 13.3. The molecule has 2 atom stereocenters. The number of hydrogen-bond acceptors (Lipinski definition) is 6. The molecule has 1 aliphatic rings. The first-order chi connectivity index (χ1) is 12.7. The third-order valence-corrected chi connectivity index (χ3v) is 4.98. The molecule has 8 heteroatoms. The van der Waals surface area contributed by atoms with Gasteiger partial charge in [-0.25, -0.2) is 4.98 Å². The molecule has 0 saturated carbocycles. The van der Waals surface area contributed by atoms with Crippen molar-refractivity contribution >= 4 is 22.2 Å². The predicted molar refractivity (Wildman–Crippen MR) is 95.3 cm³/mol. The monoisotopic (exact) mass is 368 g/mol. The fraction of sp³-hybridized carbons (Fsp3) is 0.278. The van der Waals surface area contributed by atoms with Crippen molar-refractivity contribution in [2.24, 2.45) is 0 Å². The van der Waals surface area contributed by atoms with E-state index in [1.165, 1.54) is 11.3 Å². The molecule has 4 rings (SSSR count). The number of thiazole rings is 1. The van der Waals surface area contributed by atoms with Crippen LogP contribution in [0.2, 0.25) is 0 Å². The Morgan fingerprint density at radius 3 is 3.04 bits per heavy atom. The highest BCUT2D eigenvalue weighted by atomic mass is 32.1. The number of amides is 1. The number of nitriles is 1. The topological polar surface area (TPSA) is 88.6 Å². The van der Waals surface area contributed by atoms with Crippen molar-refractivity contribution in [1.82, 2.24) is 14.7 Å². The van der Waals surface area contributed by atoms with Gasteiger partial charge in [-0.15, -0.1) is 11.3 Å². The fourth-order valence-electron chi connectivity index (χ4n) is 2.86. The molecule has 1 aliphatic heterocycles. The minimum absolute atomic E-state index is 0.204. The SMILES string of the molecule is N#Cc1ccc(O[C@@H]2CCOC[C@H]2NC(=O)c2cn3ccsc3n2)cc1. The van der Waals surface area contributed by atoms with Gasteiger partial charge in [0.25, 0.3) is 5.91 Å². The summed E-state index contributed by atoms with van der Waals surface area (Å²) in [5.74, 6) is 0.419. The van der Waals surface area contributed by atoms with E-state index in [1.54, 1.807) is 30.5 Å². The molecule has 3 aromatic rings. The zero-order valence-electron chi connectivity index (χ0n) is 13.8. The Hall–Kier alpha value is -2.89. The molecule has 0 bridgehead atoms. The van der Waals surface area contributed by atoms with E-state index >= 15 is 0 Å². The standard InChI is InChI=1S/C18H16N4O3S/c19-9-12-1-3-13(4-2-12)25-16-5-7-24-11-15(16)20-17(23)14-10-22-6-8-26-18(22)21-14/h1-4,6,8,10,15-16H,5,7,11H2,(H,20,23)/t15-,16-/m1/s1. The summed E-state index contributed by atoms with van der Waals surface area (Å²) >= 11 is 1.48. The molecule has 1 N–H and O–H groups in total. The molecule has 0 spiro atoms. The average molecular weight is 368 g/mol. The average Bonchev–Trinajstić information content (AvgIpc) is 3.26. The van der Waals surface area contributed by atoms with E-state index in [4.69, 9.17) is 14.7 Å². The Labute approximate surface area is 153 Å². The molecule has 0 aliphatic carbocycles. The first-order valence-corrected chi connectivity index (χ1v) is 9.08. The van der Waals surface area contributed by atoms with Gasteiger partial charge in [-0.05, 0) is 24.3 Å². The predicted octanol–water partition coefficient (Wildman–Crippen LogP) is 2.23. The highest BCUT2D eigenvalue weighted by Gasteiger charge is 2.30. The maximum atomic E-state index is 12.5. The molecule has 26 heavy (non-hydrogen) atoms. The number of rotatable bonds is 4. The van der Waals surface area contributed by atoms with Crippen LogP contribution in [0.25, 0.3) is 4.96 Å². The van der Waals surface area contributed by atoms with Gasteiger partial charge in [0.15, 0.2) is 4.96 Å². The van der Waals surface area contributed by atoms with Gasteiger partial charge >= 0.3 is 0 Å². The van der Waals surface area contributed by atoms with E-state index in [-0.39, 0.29) is 18.1 Å². The number of imidazole rings is 1. The third-order valence-electron chi connectivity index (χ3n) is 4.21. The molecular formula is C18H16N4O3S. The molecule has 1 saturated heterocycles. The van der Waals surface area contributed by atoms with Crippen LogP contribution in [0.1, 0.15) is 22.5 Å². The number of hydrogen-bond donors (Lipinski definition) is 1. The van der Waals surface area contributed by atoms with Crippen LogP contribution in [0.3, 0.4) is 0 Å². The minimum atomic E-state index is -0.272. The highest BCUT2D eigenvalue weighted by Crippen LogP contribution is 2.19. The molecule has 1 fully saturated rings. The number of ether oxygens (including phenoxy) is 2. The Bertz CT molecular complexity index is 928. The van der Waals surface area contributed by atoms with Crippen LogP contribution in [0.15, 0.2) is 42.0 Å². The highest BCUT2D eigenvalue weighted by molar-refractivity contribution is 7.15. The molecule has 3 heterocycles. The van der Waals surface area contributed by atoms with Crippen molar-refractivity contribution < 1.29 is 14.3 Å². The van der Waals surface area contributed by atoms with Crippen molar-refractivity contribution in [1.29, 1.82) is 5.26 Å². The van der Waals surface area contributed by atoms with Crippen molar-refractivity contribution in [3.63, 3.8) is 0 Å². The summed E-state index contributed by atoms with van der Waals surface area (Å²) in [6.07, 6.45) is 4.04. The van der Waals surface area contributed by atoms with Crippen molar-refractivity contribution in [3.05, 3.63) is 53.3 Å². The van der Waals surface area contributed by atoms with Crippen LogP contribution < -0.4 is 10.1 Å². The van der Waals surface area contributed by atoms with E-state index in [9.17, 15) is 4.79 Å². The molecule has 2 aromatic heterocycles. The Kier molecular flexibility index (Phi) is 4.56. The molecular weight excluding hydrogens is 352 g/mol. The number of aromatic nitrogens is 2. The van der Waals surface area contributed by atoms with Crippen LogP contribution in [0.5, 0.6) is 5.75 Å². The molecule has 0 radical (unpaired) electrons. The summed E-state index contributed by atoms with van der Waals surface area (Å²) in [5, 5.41) is 13.8. The van der Waals surface area contributed by atoms with Gasteiger partial charge in [0, 0.05) is 24.2 Å². The molecule has 1 amide bonds. The number of nitrogens with zero attached hydrogens (tertiary/aromatic N) is 3. The fourth-order valence-corrected chi connectivity index (χ4v) is 3.56. The van der Waals surface area contributed by atoms with Gasteiger partial charge in [0.05, 0.1) is 30.9 Å². The van der Waals surface area contributed by atoms with E-state index in [0.717, 1.165) is 4.96 Å². The van der Waals surface area contributed by atoms with Gasteiger partial charge < -0.3 is 14.8 Å². The zero-order chi connectivity index (χ0) is 17.9. The Morgan fingerprint density at radius 1 is 1.42 bits per heavy atom. The van der Waals surface area contributed by atoms with Gasteiger partial charge in [-0.2, -0.15) is 5.26 Å². The van der Waals surface area contributed by atoms with Gasteiger partial charge in [0.2, 0.25) is 0 Å². The van der Waals surface area contributed by atoms with Gasteiger partial charge in [-0.1, -0.05) is 0 Å². The normalized spacial score (nSPS) is 19.8. The summed E-state index contributed by atoms with van der Waals surface area (Å²) in [5.41, 5.74) is 0.952. The largest absolute Gasteiger partial charge is 0.488 e. The van der Waals surface area contributed by atoms with Gasteiger partial charge in [-0.3, -0.25) is 9.20 Å². The molecule has 132 valence electrons. The second kappa shape index (κ2) is 7.15. The maximum Gasteiger partial charge on any atom is 0.271 e.